The Bertz CT molecular complexity index is 1660. The van der Waals surface area contributed by atoms with Crippen LogP contribution in [0.3, 0.4) is 0 Å². The molecule has 0 bridgehead atoms. The molecule has 3 N–H and O–H groups in total. The molecule has 12 heteroatoms. The highest BCUT2D eigenvalue weighted by molar-refractivity contribution is 9.10. The van der Waals surface area contributed by atoms with Gasteiger partial charge in [0.2, 0.25) is 11.8 Å². The van der Waals surface area contributed by atoms with Crippen LogP contribution in [0.4, 0.5) is 11.4 Å². The first-order valence-corrected chi connectivity index (χ1v) is 18.6. The van der Waals surface area contributed by atoms with Crippen molar-refractivity contribution < 1.29 is 19.6 Å². The Morgan fingerprint density at radius 1 is 0.612 bits per heavy atom. The van der Waals surface area contributed by atoms with Crippen LogP contribution in [0.5, 0.6) is 0 Å². The third kappa shape index (κ3) is 8.85. The Morgan fingerprint density at radius 2 is 1.10 bits per heavy atom. The monoisotopic (exact) mass is 727 g/mol. The third-order valence-corrected chi connectivity index (χ3v) is 10.8. The van der Waals surface area contributed by atoms with Gasteiger partial charge >= 0.3 is 14.1 Å². The van der Waals surface area contributed by atoms with Gasteiger partial charge in [0.1, 0.15) is 0 Å². The third-order valence-electron chi connectivity index (χ3n) is 10.3. The number of rotatable bonds is 4. The number of nitrogens with one attached hydrogen (secondary N) is 1. The zero-order valence-electron chi connectivity index (χ0n) is 28.8. The fourth-order valence-electron chi connectivity index (χ4n) is 7.40. The fraction of sp³-hybridized carbons (Fsp3) is 0.459. The second-order valence-electron chi connectivity index (χ2n) is 13.7. The van der Waals surface area contributed by atoms with E-state index >= 15 is 0 Å². The summed E-state index contributed by atoms with van der Waals surface area (Å²) in [5, 5.41) is 22.5. The lowest BCUT2D eigenvalue weighted by molar-refractivity contribution is -0.117. The molecule has 3 aromatic carbocycles. The van der Waals surface area contributed by atoms with Gasteiger partial charge in [0, 0.05) is 61.4 Å². The molecule has 49 heavy (non-hydrogen) atoms. The molecule has 258 valence electrons. The first-order valence-electron chi connectivity index (χ1n) is 17.8. The van der Waals surface area contributed by atoms with Crippen LogP contribution in [0.2, 0.25) is 13.6 Å². The van der Waals surface area contributed by atoms with Crippen molar-refractivity contribution in [3.63, 3.8) is 0 Å². The van der Waals surface area contributed by atoms with Crippen molar-refractivity contribution in [2.45, 2.75) is 78.2 Å². The van der Waals surface area contributed by atoms with Crippen molar-refractivity contribution >= 4 is 53.2 Å². The predicted octanol–water partition coefficient (Wildman–Crippen LogP) is 4.66. The van der Waals surface area contributed by atoms with Crippen molar-refractivity contribution in [1.29, 1.82) is 0 Å². The Hall–Kier alpha value is -2.99. The number of fused-ring (bicyclic) bond motifs is 3. The fourth-order valence-corrected chi connectivity index (χ4v) is 7.80. The van der Waals surface area contributed by atoms with Crippen molar-refractivity contribution in [2.75, 3.05) is 42.5 Å². The molecule has 0 unspecified atom stereocenters. The molecule has 2 amide bonds. The summed E-state index contributed by atoms with van der Waals surface area (Å²) >= 11 is 3.47. The molecular weight excluding hydrogens is 680 g/mol. The lowest BCUT2D eigenvalue weighted by Gasteiger charge is -2.30. The van der Waals surface area contributed by atoms with E-state index in [-0.39, 0.29) is 18.9 Å². The molecule has 0 aromatic heterocycles. The van der Waals surface area contributed by atoms with E-state index in [2.05, 4.69) is 85.5 Å². The van der Waals surface area contributed by atoms with Crippen LogP contribution in [0.25, 0.3) is 0 Å². The number of carbonyl (C=O) groups is 2. The zero-order chi connectivity index (χ0) is 34.5. The van der Waals surface area contributed by atoms with Crippen molar-refractivity contribution in [2.24, 2.45) is 0 Å². The van der Waals surface area contributed by atoms with E-state index in [1.807, 2.05) is 16.6 Å². The highest BCUT2D eigenvalue weighted by atomic mass is 79.9. The molecule has 0 spiro atoms. The molecule has 5 aliphatic rings. The van der Waals surface area contributed by atoms with Gasteiger partial charge in [-0.3, -0.25) is 9.59 Å². The molecule has 2 fully saturated rings. The lowest BCUT2D eigenvalue weighted by atomic mass is 9.81. The second kappa shape index (κ2) is 16.4. The van der Waals surface area contributed by atoms with Crippen molar-refractivity contribution in [3.05, 3.63) is 92.5 Å². The van der Waals surface area contributed by atoms with E-state index in [1.165, 1.54) is 33.4 Å². The van der Waals surface area contributed by atoms with Gasteiger partial charge in [-0.1, -0.05) is 34.1 Å². The number of hydrogen-bond donors (Lipinski definition) is 3. The molecule has 0 radical (unpaired) electrons. The number of hydrogen-bond acceptors (Lipinski definition) is 7. The SMILES string of the molecule is CB(O)N1CCc2ccc(Br)cc2C1.CB(O)N1CCc2ccc(N3CCCC3=O)cc2C1.O=C1CCCN1c1ccc2c(c1)CNCC2. The molecule has 2 saturated heterocycles. The Morgan fingerprint density at radius 3 is 1.61 bits per heavy atom. The second-order valence-corrected chi connectivity index (χ2v) is 14.7. The summed E-state index contributed by atoms with van der Waals surface area (Å²) in [6.45, 7) is 10.8. The minimum absolute atomic E-state index is 0.225. The van der Waals surface area contributed by atoms with Gasteiger partial charge in [-0.05, 0) is 135 Å². The number of benzene rings is 3. The van der Waals surface area contributed by atoms with Crippen molar-refractivity contribution in [1.82, 2.24) is 14.9 Å². The van der Waals surface area contributed by atoms with Crippen LogP contribution in [-0.2, 0) is 48.5 Å². The molecule has 8 rings (SSSR count). The summed E-state index contributed by atoms with van der Waals surface area (Å²) in [4.78, 5) is 31.4. The normalized spacial score (nSPS) is 18.9. The standard InChI is InChI=1S/C14H19BN2O2.C13H16N2O.C10H13BBrNO/c1-15(19)16-8-6-11-4-5-13(9-12(11)10-16)17-7-2-3-14(17)18;16-13-2-1-7-15(13)12-4-3-10-5-6-14-9-11(10)8-12;1-11(14)13-5-4-8-2-3-10(12)6-9(8)7-13/h4-5,9,19H,2-3,6-8,10H2,1H3;3-4,8,14H,1-2,5-7,9H2;2-3,6,14H,4-5,7H2,1H3. The van der Waals surface area contributed by atoms with Gasteiger partial charge in [-0.15, -0.1) is 0 Å². The summed E-state index contributed by atoms with van der Waals surface area (Å²) in [5.41, 5.74) is 10.2. The van der Waals surface area contributed by atoms with Crippen LogP contribution in [0, 0.1) is 0 Å². The summed E-state index contributed by atoms with van der Waals surface area (Å²) in [6.07, 6.45) is 6.42. The van der Waals surface area contributed by atoms with Gasteiger partial charge in [-0.25, -0.2) is 0 Å². The highest BCUT2D eigenvalue weighted by Gasteiger charge is 2.26. The topological polar surface area (TPSA) is 99.6 Å². The Balaban J connectivity index is 0.000000129. The smallest absolute Gasteiger partial charge is 0.376 e. The van der Waals surface area contributed by atoms with E-state index in [4.69, 9.17) is 0 Å². The Labute approximate surface area is 300 Å². The maximum Gasteiger partial charge on any atom is 0.376 e. The minimum Gasteiger partial charge on any atom is -0.437 e. The molecule has 0 aliphatic carbocycles. The molecular formula is C37H48B2BrN5O4. The van der Waals surface area contributed by atoms with E-state index in [0.717, 1.165) is 100 Å². The lowest BCUT2D eigenvalue weighted by Crippen LogP contribution is -2.40. The van der Waals surface area contributed by atoms with Gasteiger partial charge in [0.15, 0.2) is 0 Å². The average Bonchev–Trinajstić information content (AvgIpc) is 3.75. The van der Waals surface area contributed by atoms with Crippen LogP contribution < -0.4 is 15.1 Å². The largest absolute Gasteiger partial charge is 0.437 e. The van der Waals surface area contributed by atoms with Crippen LogP contribution >= 0.6 is 15.9 Å². The number of anilines is 2. The quantitative estimate of drug-likeness (QED) is 0.337. The summed E-state index contributed by atoms with van der Waals surface area (Å²) in [5.74, 6) is 0.492. The summed E-state index contributed by atoms with van der Waals surface area (Å²) in [7, 11) is -0.757. The molecule has 9 nitrogen and oxygen atoms in total. The molecule has 0 saturated carbocycles. The van der Waals surface area contributed by atoms with Gasteiger partial charge in [-0.2, -0.15) is 0 Å². The maximum absolute atomic E-state index is 11.8. The van der Waals surface area contributed by atoms with E-state index < -0.39 is 7.05 Å². The summed E-state index contributed by atoms with van der Waals surface area (Å²) in [6, 6.07) is 19.1. The van der Waals surface area contributed by atoms with Gasteiger partial charge < -0.3 is 34.8 Å². The number of nitrogens with zero attached hydrogens (tertiary/aromatic N) is 4. The van der Waals surface area contributed by atoms with E-state index in [1.54, 1.807) is 6.82 Å². The Kier molecular flexibility index (Phi) is 12.0. The predicted molar refractivity (Wildman–Crippen MR) is 202 cm³/mol. The average molecular weight is 728 g/mol. The summed E-state index contributed by atoms with van der Waals surface area (Å²) < 4.78 is 1.11. The molecule has 5 aliphatic heterocycles. The number of amides is 2. The highest BCUT2D eigenvalue weighted by Crippen LogP contribution is 2.28. The van der Waals surface area contributed by atoms with Gasteiger partial charge in [0.25, 0.3) is 0 Å². The van der Waals surface area contributed by atoms with Gasteiger partial charge in [0.05, 0.1) is 0 Å². The first kappa shape index (κ1) is 35.8. The molecule has 0 atom stereocenters. The van der Waals surface area contributed by atoms with Crippen molar-refractivity contribution in [3.8, 4) is 0 Å². The van der Waals surface area contributed by atoms with E-state index in [9.17, 15) is 19.6 Å². The van der Waals surface area contributed by atoms with Crippen LogP contribution in [0.1, 0.15) is 59.1 Å². The van der Waals surface area contributed by atoms with Crippen LogP contribution in [0.15, 0.2) is 59.1 Å². The zero-order valence-corrected chi connectivity index (χ0v) is 30.4. The molecule has 5 heterocycles. The number of carbonyl (C=O) groups excluding carboxylic acids is 2. The van der Waals surface area contributed by atoms with E-state index in [0.29, 0.717) is 12.8 Å². The minimum atomic E-state index is -0.412. The first-order chi connectivity index (χ1) is 23.7. The number of halogens is 1. The van der Waals surface area contributed by atoms with Crippen LogP contribution in [-0.4, -0.2) is 78.3 Å². The molecule has 3 aromatic rings. The maximum atomic E-state index is 11.8.